The van der Waals surface area contributed by atoms with Crippen LogP contribution >= 0.6 is 0 Å². The van der Waals surface area contributed by atoms with E-state index in [9.17, 15) is 4.79 Å². The number of nitrogens with zero attached hydrogens (tertiary/aromatic N) is 2. The predicted octanol–water partition coefficient (Wildman–Crippen LogP) is 2.34. The predicted molar refractivity (Wildman–Crippen MR) is 74.9 cm³/mol. The Kier molecular flexibility index (Phi) is 3.33. The first-order valence-electron chi connectivity index (χ1n) is 6.62. The van der Waals surface area contributed by atoms with Crippen LogP contribution in [0.2, 0.25) is 0 Å². The molecule has 2 aromatic rings. The molecule has 0 atom stereocenters. The van der Waals surface area contributed by atoms with E-state index in [2.05, 4.69) is 15.3 Å². The number of hydrogen-bond acceptors (Lipinski definition) is 4. The number of carbonyl (C=O) groups is 1. The molecular weight excluding hydrogens is 254 g/mol. The van der Waals surface area contributed by atoms with E-state index in [0.29, 0.717) is 24.1 Å². The van der Waals surface area contributed by atoms with Gasteiger partial charge in [0.25, 0.3) is 0 Å². The third-order valence-corrected chi connectivity index (χ3v) is 3.13. The van der Waals surface area contributed by atoms with E-state index < -0.39 is 5.97 Å². The highest BCUT2D eigenvalue weighted by Crippen LogP contribution is 2.24. The topological polar surface area (TPSA) is 75.1 Å². The second kappa shape index (κ2) is 5.28. The lowest BCUT2D eigenvalue weighted by atomic mass is 10.1. The molecule has 20 heavy (non-hydrogen) atoms. The van der Waals surface area contributed by atoms with E-state index in [4.69, 9.17) is 5.11 Å². The van der Waals surface area contributed by atoms with Crippen molar-refractivity contribution in [2.45, 2.75) is 25.3 Å². The Balaban J connectivity index is 1.88. The van der Waals surface area contributed by atoms with E-state index in [-0.39, 0.29) is 5.69 Å². The van der Waals surface area contributed by atoms with Gasteiger partial charge in [0, 0.05) is 18.5 Å². The fourth-order valence-corrected chi connectivity index (χ4v) is 1.97. The largest absolute Gasteiger partial charge is 0.477 e. The molecule has 0 saturated heterocycles. The van der Waals surface area contributed by atoms with E-state index in [0.717, 1.165) is 18.4 Å². The molecule has 1 heterocycles. The third kappa shape index (κ3) is 3.12. The van der Waals surface area contributed by atoms with Gasteiger partial charge in [-0.25, -0.2) is 14.8 Å². The van der Waals surface area contributed by atoms with Crippen LogP contribution in [-0.4, -0.2) is 27.1 Å². The van der Waals surface area contributed by atoms with Gasteiger partial charge in [0.2, 0.25) is 0 Å². The first-order valence-corrected chi connectivity index (χ1v) is 6.62. The van der Waals surface area contributed by atoms with Crippen molar-refractivity contribution in [3.63, 3.8) is 0 Å². The van der Waals surface area contributed by atoms with Crippen molar-refractivity contribution in [3.05, 3.63) is 53.5 Å². The molecule has 0 amide bonds. The summed E-state index contributed by atoms with van der Waals surface area (Å²) in [5.74, 6) is 0.102. The second-order valence-electron chi connectivity index (χ2n) is 4.94. The first kappa shape index (κ1) is 12.6. The lowest BCUT2D eigenvalue weighted by Crippen LogP contribution is -2.11. The van der Waals surface area contributed by atoms with Crippen LogP contribution in [0.25, 0.3) is 0 Å². The lowest BCUT2D eigenvalue weighted by Gasteiger charge is -2.07. The summed E-state index contributed by atoms with van der Waals surface area (Å²) < 4.78 is 0. The summed E-state index contributed by atoms with van der Waals surface area (Å²) in [6, 6.07) is 11.7. The highest BCUT2D eigenvalue weighted by Gasteiger charge is 2.22. The van der Waals surface area contributed by atoms with E-state index in [1.54, 1.807) is 0 Å². The van der Waals surface area contributed by atoms with Crippen LogP contribution < -0.4 is 5.32 Å². The third-order valence-electron chi connectivity index (χ3n) is 3.13. The number of anilines is 1. The number of benzene rings is 1. The quantitative estimate of drug-likeness (QED) is 0.871. The molecule has 1 aromatic carbocycles. The van der Waals surface area contributed by atoms with Crippen molar-refractivity contribution < 1.29 is 9.90 Å². The van der Waals surface area contributed by atoms with Crippen molar-refractivity contribution >= 4 is 11.8 Å². The Hall–Kier alpha value is -2.43. The molecule has 2 N–H and O–H groups in total. The Morgan fingerprint density at radius 3 is 2.65 bits per heavy atom. The zero-order valence-corrected chi connectivity index (χ0v) is 10.9. The zero-order valence-electron chi connectivity index (χ0n) is 10.9. The molecule has 5 nitrogen and oxygen atoms in total. The molecule has 0 unspecified atom stereocenters. The van der Waals surface area contributed by atoms with Gasteiger partial charge in [-0.3, -0.25) is 0 Å². The minimum absolute atomic E-state index is 0.0362. The van der Waals surface area contributed by atoms with Gasteiger partial charge in [0.05, 0.1) is 0 Å². The summed E-state index contributed by atoms with van der Waals surface area (Å²) in [6.45, 7) is 0. The Bertz CT molecular complexity index is 624. The maximum absolute atomic E-state index is 11.1. The summed E-state index contributed by atoms with van der Waals surface area (Å²) in [4.78, 5) is 19.7. The van der Waals surface area contributed by atoms with Gasteiger partial charge >= 0.3 is 5.97 Å². The van der Waals surface area contributed by atoms with Crippen LogP contribution in [0, 0.1) is 0 Å². The van der Waals surface area contributed by atoms with Crippen molar-refractivity contribution in [2.24, 2.45) is 0 Å². The normalized spacial score (nSPS) is 14.0. The molecule has 1 aromatic heterocycles. The number of aromatic nitrogens is 2. The molecule has 0 bridgehead atoms. The van der Waals surface area contributed by atoms with Crippen LogP contribution in [0.1, 0.15) is 34.7 Å². The standard InChI is InChI=1S/C15H15N3O2/c19-15(20)12-9-14(16-11-6-7-11)18-13(17-12)8-10-4-2-1-3-5-10/h1-5,9,11H,6-8H2,(H,19,20)(H,16,17,18). The second-order valence-corrected chi connectivity index (χ2v) is 4.94. The molecule has 1 saturated carbocycles. The average molecular weight is 269 g/mol. The summed E-state index contributed by atoms with van der Waals surface area (Å²) in [6.07, 6.45) is 2.75. The maximum atomic E-state index is 11.1. The fourth-order valence-electron chi connectivity index (χ4n) is 1.97. The number of carboxylic acid groups (broad SMARTS) is 1. The van der Waals surface area contributed by atoms with Crippen LogP contribution in [0.3, 0.4) is 0 Å². The Morgan fingerprint density at radius 1 is 1.25 bits per heavy atom. The van der Waals surface area contributed by atoms with E-state index >= 15 is 0 Å². The Morgan fingerprint density at radius 2 is 2.00 bits per heavy atom. The minimum Gasteiger partial charge on any atom is -0.477 e. The highest BCUT2D eigenvalue weighted by atomic mass is 16.4. The molecule has 1 fully saturated rings. The van der Waals surface area contributed by atoms with Crippen molar-refractivity contribution in [3.8, 4) is 0 Å². The summed E-state index contributed by atoms with van der Waals surface area (Å²) in [5, 5.41) is 12.4. The molecule has 1 aliphatic rings. The molecular formula is C15H15N3O2. The zero-order chi connectivity index (χ0) is 13.9. The molecule has 102 valence electrons. The minimum atomic E-state index is -1.03. The molecule has 3 rings (SSSR count). The first-order chi connectivity index (χ1) is 9.70. The van der Waals surface area contributed by atoms with Gasteiger partial charge in [-0.15, -0.1) is 0 Å². The number of carboxylic acids is 1. The number of nitrogens with one attached hydrogen (secondary N) is 1. The van der Waals surface area contributed by atoms with Crippen LogP contribution in [0.5, 0.6) is 0 Å². The smallest absolute Gasteiger partial charge is 0.354 e. The van der Waals surface area contributed by atoms with Crippen molar-refractivity contribution in [1.82, 2.24) is 9.97 Å². The van der Waals surface area contributed by atoms with Crippen molar-refractivity contribution in [2.75, 3.05) is 5.32 Å². The fraction of sp³-hybridized carbons (Fsp3) is 0.267. The Labute approximate surface area is 116 Å². The lowest BCUT2D eigenvalue weighted by molar-refractivity contribution is 0.0690. The van der Waals surface area contributed by atoms with Crippen LogP contribution in [0.4, 0.5) is 5.82 Å². The van der Waals surface area contributed by atoms with Gasteiger partial charge in [-0.1, -0.05) is 30.3 Å². The highest BCUT2D eigenvalue weighted by molar-refractivity contribution is 5.86. The molecule has 1 aliphatic carbocycles. The summed E-state index contributed by atoms with van der Waals surface area (Å²) in [5.41, 5.74) is 1.10. The molecule has 0 radical (unpaired) electrons. The molecule has 5 heteroatoms. The van der Waals surface area contributed by atoms with Gasteiger partial charge in [0.15, 0.2) is 5.69 Å². The van der Waals surface area contributed by atoms with Crippen LogP contribution in [-0.2, 0) is 6.42 Å². The SMILES string of the molecule is O=C(O)c1cc(NC2CC2)nc(Cc2ccccc2)n1. The average Bonchev–Trinajstić information content (AvgIpc) is 3.23. The molecule has 0 aliphatic heterocycles. The van der Waals surface area contributed by atoms with Gasteiger partial charge in [-0.2, -0.15) is 0 Å². The molecule has 0 spiro atoms. The van der Waals surface area contributed by atoms with E-state index in [1.165, 1.54) is 6.07 Å². The summed E-state index contributed by atoms with van der Waals surface area (Å²) >= 11 is 0. The van der Waals surface area contributed by atoms with Gasteiger partial charge < -0.3 is 10.4 Å². The van der Waals surface area contributed by atoms with E-state index in [1.807, 2.05) is 30.3 Å². The number of hydrogen-bond donors (Lipinski definition) is 2. The maximum Gasteiger partial charge on any atom is 0.354 e. The number of rotatable bonds is 5. The van der Waals surface area contributed by atoms with Gasteiger partial charge in [0.1, 0.15) is 11.6 Å². The monoisotopic (exact) mass is 269 g/mol. The number of aromatic carboxylic acids is 1. The van der Waals surface area contributed by atoms with Crippen molar-refractivity contribution in [1.29, 1.82) is 0 Å². The van der Waals surface area contributed by atoms with Gasteiger partial charge in [-0.05, 0) is 18.4 Å². The van der Waals surface area contributed by atoms with Crippen LogP contribution in [0.15, 0.2) is 36.4 Å². The summed E-state index contributed by atoms with van der Waals surface area (Å²) in [7, 11) is 0.